The fourth-order valence-corrected chi connectivity index (χ4v) is 2.64. The number of carbonyl (C=O) groups excluding carboxylic acids is 2. The lowest BCUT2D eigenvalue weighted by molar-refractivity contribution is -0.107. The smallest absolute Gasteiger partial charge is 0.265 e. The van der Waals surface area contributed by atoms with E-state index in [2.05, 4.69) is 0 Å². The number of thioether (sulfide) groups is 1. The molecule has 2 nitrogen and oxygen atoms in total. The van der Waals surface area contributed by atoms with Gasteiger partial charge >= 0.3 is 0 Å². The molecular weight excluding hydrogens is 168 g/mol. The number of thiophene rings is 1. The summed E-state index contributed by atoms with van der Waals surface area (Å²) in [5.41, 5.74) is 0. The van der Waals surface area contributed by atoms with E-state index in [9.17, 15) is 9.59 Å². The number of hydrogen-bond donors (Lipinski definition) is 0. The van der Waals surface area contributed by atoms with Crippen molar-refractivity contribution in [2.45, 2.75) is 4.90 Å². The minimum Gasteiger partial charge on any atom is -0.283 e. The van der Waals surface area contributed by atoms with E-state index >= 15 is 0 Å². The fraction of sp³-hybridized carbons (Fsp3) is 0. The number of hydrogen-bond acceptors (Lipinski definition) is 4. The minimum atomic E-state index is -0.346. The monoisotopic (exact) mass is 170 g/mol. The van der Waals surface area contributed by atoms with E-state index in [-0.39, 0.29) is 10.9 Å². The number of fused-ring (bicyclic) bond motifs is 1. The average molecular weight is 170 g/mol. The predicted octanol–water partition coefficient (Wildman–Crippen LogP) is 1.56. The van der Waals surface area contributed by atoms with Crippen LogP contribution >= 0.6 is 23.1 Å². The molecule has 0 radical (unpaired) electrons. The molecule has 4 heteroatoms. The first kappa shape index (κ1) is 6.12. The highest BCUT2D eigenvalue weighted by Crippen LogP contribution is 2.35. The molecule has 0 N–H and O–H groups in total. The largest absolute Gasteiger partial charge is 0.283 e. The molecule has 50 valence electrons. The van der Waals surface area contributed by atoms with Gasteiger partial charge in [-0.25, -0.2) is 0 Å². The highest BCUT2D eigenvalue weighted by molar-refractivity contribution is 8.16. The SMILES string of the molecule is O=C1Sc2ccsc2C1=O. The first-order valence-electron chi connectivity index (χ1n) is 2.63. The third-order valence-corrected chi connectivity index (χ3v) is 3.20. The molecule has 0 unspecified atom stereocenters. The number of rotatable bonds is 0. The van der Waals surface area contributed by atoms with Gasteiger partial charge in [-0.1, -0.05) is 0 Å². The highest BCUT2D eigenvalue weighted by Gasteiger charge is 2.30. The van der Waals surface area contributed by atoms with Gasteiger partial charge in [-0.2, -0.15) is 0 Å². The van der Waals surface area contributed by atoms with Crippen LogP contribution in [0.3, 0.4) is 0 Å². The zero-order chi connectivity index (χ0) is 7.14. The summed E-state index contributed by atoms with van der Waals surface area (Å²) >= 11 is 2.36. The standard InChI is InChI=1S/C6H2O2S2/c7-4-5-3(1-2-9-5)10-6(4)8/h1-2H. The molecule has 0 amide bonds. The van der Waals surface area contributed by atoms with Crippen molar-refractivity contribution in [2.24, 2.45) is 0 Å². The highest BCUT2D eigenvalue weighted by atomic mass is 32.2. The molecule has 0 saturated carbocycles. The Morgan fingerprint density at radius 2 is 2.10 bits per heavy atom. The van der Waals surface area contributed by atoms with E-state index in [1.54, 1.807) is 6.07 Å². The third-order valence-electron chi connectivity index (χ3n) is 1.22. The van der Waals surface area contributed by atoms with Crippen molar-refractivity contribution in [2.75, 3.05) is 0 Å². The average Bonchev–Trinajstić information content (AvgIpc) is 2.41. The van der Waals surface area contributed by atoms with Crippen molar-refractivity contribution in [1.82, 2.24) is 0 Å². The lowest BCUT2D eigenvalue weighted by atomic mass is 10.3. The topological polar surface area (TPSA) is 34.1 Å². The molecule has 0 fully saturated rings. The Balaban J connectivity index is 2.63. The van der Waals surface area contributed by atoms with Crippen LogP contribution in [0.2, 0.25) is 0 Å². The summed E-state index contributed by atoms with van der Waals surface area (Å²) in [7, 11) is 0. The van der Waals surface area contributed by atoms with E-state index in [4.69, 9.17) is 0 Å². The van der Waals surface area contributed by atoms with Crippen LogP contribution in [-0.2, 0) is 4.79 Å². The van der Waals surface area contributed by atoms with E-state index in [1.165, 1.54) is 11.3 Å². The van der Waals surface area contributed by atoms with Gasteiger partial charge in [0, 0.05) is 4.90 Å². The van der Waals surface area contributed by atoms with Gasteiger partial charge in [0.1, 0.15) is 0 Å². The lowest BCUT2D eigenvalue weighted by Crippen LogP contribution is -2.00. The van der Waals surface area contributed by atoms with E-state index in [1.807, 2.05) is 5.38 Å². The number of Topliss-reactive ketones (excluding diaryl/α,β-unsaturated/α-hetero) is 1. The zero-order valence-corrected chi connectivity index (χ0v) is 6.42. The van der Waals surface area contributed by atoms with Gasteiger partial charge < -0.3 is 0 Å². The first-order chi connectivity index (χ1) is 4.79. The lowest BCUT2D eigenvalue weighted by Gasteiger charge is -1.77. The first-order valence-corrected chi connectivity index (χ1v) is 4.32. The Kier molecular flexibility index (Phi) is 1.18. The maximum atomic E-state index is 10.9. The van der Waals surface area contributed by atoms with E-state index in [0.717, 1.165) is 16.7 Å². The second kappa shape index (κ2) is 1.93. The Hall–Kier alpha value is -0.610. The van der Waals surface area contributed by atoms with Gasteiger partial charge in [0.25, 0.3) is 10.9 Å². The van der Waals surface area contributed by atoms with Crippen LogP contribution in [0.1, 0.15) is 9.67 Å². The number of ketones is 1. The van der Waals surface area contributed by atoms with Gasteiger partial charge in [-0.15, -0.1) is 11.3 Å². The van der Waals surface area contributed by atoms with Crippen LogP contribution in [-0.4, -0.2) is 10.9 Å². The summed E-state index contributed by atoms with van der Waals surface area (Å²) in [6.45, 7) is 0. The Bertz CT molecular complexity index is 313. The summed E-state index contributed by atoms with van der Waals surface area (Å²) in [6.07, 6.45) is 0. The molecule has 1 aliphatic heterocycles. The van der Waals surface area contributed by atoms with Gasteiger partial charge in [0.05, 0.1) is 4.88 Å². The van der Waals surface area contributed by atoms with Crippen molar-refractivity contribution in [3.8, 4) is 0 Å². The van der Waals surface area contributed by atoms with Crippen molar-refractivity contribution in [3.63, 3.8) is 0 Å². The maximum absolute atomic E-state index is 10.9. The zero-order valence-electron chi connectivity index (χ0n) is 4.79. The maximum Gasteiger partial charge on any atom is 0.265 e. The van der Waals surface area contributed by atoms with Crippen LogP contribution in [0.15, 0.2) is 16.3 Å². The summed E-state index contributed by atoms with van der Waals surface area (Å²) < 4.78 is 0. The summed E-state index contributed by atoms with van der Waals surface area (Å²) in [6, 6.07) is 1.80. The molecule has 0 aromatic carbocycles. The quantitative estimate of drug-likeness (QED) is 0.554. The second-order valence-electron chi connectivity index (χ2n) is 1.83. The minimum absolute atomic E-state index is 0.338. The Morgan fingerprint density at radius 1 is 1.30 bits per heavy atom. The van der Waals surface area contributed by atoms with E-state index in [0.29, 0.717) is 4.88 Å². The summed E-state index contributed by atoms with van der Waals surface area (Å²) in [4.78, 5) is 23.0. The molecule has 1 aliphatic rings. The molecule has 0 aliphatic carbocycles. The summed E-state index contributed by atoms with van der Waals surface area (Å²) in [5.74, 6) is -0.338. The second-order valence-corrected chi connectivity index (χ2v) is 3.76. The van der Waals surface area contributed by atoms with Crippen molar-refractivity contribution >= 4 is 34.0 Å². The predicted molar refractivity (Wildman–Crippen MR) is 39.5 cm³/mol. The van der Waals surface area contributed by atoms with Crippen LogP contribution in [0, 0.1) is 0 Å². The molecular formula is C6H2O2S2. The Labute approximate surface area is 65.2 Å². The fourth-order valence-electron chi connectivity index (χ4n) is 0.782. The molecule has 2 heterocycles. The Morgan fingerprint density at radius 3 is 2.80 bits per heavy atom. The molecule has 1 aromatic heterocycles. The van der Waals surface area contributed by atoms with Crippen LogP contribution < -0.4 is 0 Å². The molecule has 1 aromatic rings. The van der Waals surface area contributed by atoms with Crippen molar-refractivity contribution < 1.29 is 9.59 Å². The van der Waals surface area contributed by atoms with Crippen molar-refractivity contribution in [1.29, 1.82) is 0 Å². The molecule has 0 saturated heterocycles. The van der Waals surface area contributed by atoms with E-state index < -0.39 is 0 Å². The van der Waals surface area contributed by atoms with Crippen molar-refractivity contribution in [3.05, 3.63) is 16.3 Å². The molecule has 10 heavy (non-hydrogen) atoms. The van der Waals surface area contributed by atoms with Gasteiger partial charge in [-0.3, -0.25) is 9.59 Å². The third kappa shape index (κ3) is 0.660. The van der Waals surface area contributed by atoms with Gasteiger partial charge in [0.2, 0.25) is 0 Å². The van der Waals surface area contributed by atoms with Gasteiger partial charge in [0.15, 0.2) is 0 Å². The van der Waals surface area contributed by atoms with Gasteiger partial charge in [-0.05, 0) is 23.2 Å². The molecule has 2 rings (SSSR count). The summed E-state index contributed by atoms with van der Waals surface area (Å²) in [5, 5.41) is 1.48. The van der Waals surface area contributed by atoms with Crippen LogP contribution in [0.25, 0.3) is 0 Å². The molecule has 0 bridgehead atoms. The normalized spacial score (nSPS) is 16.0. The number of carbonyl (C=O) groups is 2. The van der Waals surface area contributed by atoms with Crippen LogP contribution in [0.5, 0.6) is 0 Å². The molecule has 0 atom stereocenters. The van der Waals surface area contributed by atoms with Crippen LogP contribution in [0.4, 0.5) is 0 Å². The molecule has 0 spiro atoms.